The van der Waals surface area contributed by atoms with Crippen LogP contribution in [0, 0.1) is 6.92 Å². The molecular formula is C19H24N2O4S. The minimum absolute atomic E-state index is 0.0133. The summed E-state index contributed by atoms with van der Waals surface area (Å²) in [4.78, 5) is 12.5. The molecule has 1 N–H and O–H groups in total. The molecule has 6 nitrogen and oxygen atoms in total. The smallest absolute Gasteiger partial charge is 0.255 e. The van der Waals surface area contributed by atoms with Gasteiger partial charge in [0.05, 0.1) is 7.11 Å². The Morgan fingerprint density at radius 2 is 1.81 bits per heavy atom. The van der Waals surface area contributed by atoms with E-state index in [0.717, 1.165) is 5.56 Å². The van der Waals surface area contributed by atoms with Crippen LogP contribution in [0.4, 0.5) is 5.69 Å². The second kappa shape index (κ2) is 8.33. The molecular weight excluding hydrogens is 352 g/mol. The van der Waals surface area contributed by atoms with E-state index in [4.69, 9.17) is 4.74 Å². The third kappa shape index (κ3) is 4.23. The van der Waals surface area contributed by atoms with Crippen molar-refractivity contribution in [2.75, 3.05) is 25.5 Å². The van der Waals surface area contributed by atoms with E-state index in [9.17, 15) is 13.2 Å². The maximum atomic E-state index is 12.9. The number of methoxy groups -OCH3 is 1. The Labute approximate surface area is 154 Å². The summed E-state index contributed by atoms with van der Waals surface area (Å²) in [6.07, 6.45) is 0. The molecule has 0 aromatic heterocycles. The SMILES string of the molecule is CCN(CC)S(=O)(=O)c1cc(C(=O)Nc2cccc(C)c2)ccc1OC. The number of carbonyl (C=O) groups is 1. The number of sulfonamides is 1. The van der Waals surface area contributed by atoms with Gasteiger partial charge in [0.2, 0.25) is 10.0 Å². The van der Waals surface area contributed by atoms with E-state index < -0.39 is 10.0 Å². The molecule has 0 atom stereocenters. The summed E-state index contributed by atoms with van der Waals surface area (Å²) >= 11 is 0. The maximum absolute atomic E-state index is 12.9. The minimum Gasteiger partial charge on any atom is -0.495 e. The zero-order valence-corrected chi connectivity index (χ0v) is 16.3. The topological polar surface area (TPSA) is 75.7 Å². The Morgan fingerprint density at radius 1 is 1.12 bits per heavy atom. The molecule has 0 aliphatic heterocycles. The summed E-state index contributed by atoms with van der Waals surface area (Å²) in [5.74, 6) is -0.168. The lowest BCUT2D eigenvalue weighted by Crippen LogP contribution is -2.31. The first kappa shape index (κ1) is 19.9. The van der Waals surface area contributed by atoms with Gasteiger partial charge in [-0.25, -0.2) is 8.42 Å². The summed E-state index contributed by atoms with van der Waals surface area (Å²) in [5.41, 5.74) is 1.92. The van der Waals surface area contributed by atoms with Gasteiger partial charge in [-0.15, -0.1) is 0 Å². The predicted octanol–water partition coefficient (Wildman–Crippen LogP) is 3.29. The Hall–Kier alpha value is -2.38. The molecule has 1 amide bonds. The van der Waals surface area contributed by atoms with Crippen LogP contribution in [0.25, 0.3) is 0 Å². The number of amides is 1. The third-order valence-corrected chi connectivity index (χ3v) is 6.10. The van der Waals surface area contributed by atoms with Gasteiger partial charge >= 0.3 is 0 Å². The fraction of sp³-hybridized carbons (Fsp3) is 0.316. The first-order chi connectivity index (χ1) is 12.3. The Kier molecular flexibility index (Phi) is 6.39. The van der Waals surface area contributed by atoms with Gasteiger partial charge < -0.3 is 10.1 Å². The minimum atomic E-state index is -3.75. The van der Waals surface area contributed by atoms with Crippen molar-refractivity contribution in [2.24, 2.45) is 0 Å². The second-order valence-corrected chi connectivity index (χ2v) is 7.68. The number of hydrogen-bond donors (Lipinski definition) is 1. The average molecular weight is 376 g/mol. The van der Waals surface area contributed by atoms with Gasteiger partial charge in [-0.3, -0.25) is 4.79 Å². The molecule has 7 heteroatoms. The van der Waals surface area contributed by atoms with Crippen molar-refractivity contribution in [1.82, 2.24) is 4.31 Å². The lowest BCUT2D eigenvalue weighted by atomic mass is 10.2. The largest absolute Gasteiger partial charge is 0.495 e. The molecule has 2 aromatic rings. The van der Waals surface area contributed by atoms with E-state index >= 15 is 0 Å². The number of anilines is 1. The lowest BCUT2D eigenvalue weighted by molar-refractivity contribution is 0.102. The molecule has 2 rings (SSSR count). The summed E-state index contributed by atoms with van der Waals surface area (Å²) < 4.78 is 32.3. The predicted molar refractivity (Wildman–Crippen MR) is 102 cm³/mol. The Bertz CT molecular complexity index is 890. The summed E-state index contributed by atoms with van der Waals surface area (Å²) in [5, 5.41) is 2.78. The number of rotatable bonds is 7. The van der Waals surface area contributed by atoms with Gasteiger partial charge in [-0.1, -0.05) is 26.0 Å². The first-order valence-corrected chi connectivity index (χ1v) is 9.83. The molecule has 0 aliphatic carbocycles. The van der Waals surface area contributed by atoms with Crippen LogP contribution in [0.1, 0.15) is 29.8 Å². The highest BCUT2D eigenvalue weighted by atomic mass is 32.2. The van der Waals surface area contributed by atoms with Crippen LogP contribution in [0.3, 0.4) is 0 Å². The van der Waals surface area contributed by atoms with Gasteiger partial charge in [-0.2, -0.15) is 4.31 Å². The van der Waals surface area contributed by atoms with Crippen LogP contribution in [-0.2, 0) is 10.0 Å². The summed E-state index contributed by atoms with van der Waals surface area (Å²) in [7, 11) is -2.35. The molecule has 0 fully saturated rings. The van der Waals surface area contributed by atoms with Gasteiger partial charge in [0.25, 0.3) is 5.91 Å². The van der Waals surface area contributed by atoms with E-state index in [1.165, 1.54) is 23.5 Å². The van der Waals surface area contributed by atoms with Gasteiger partial charge in [-0.05, 0) is 42.8 Å². The standard InChI is InChI=1S/C19H24N2O4S/c1-5-21(6-2)26(23,24)18-13-15(10-11-17(18)25-4)19(22)20-16-9-7-8-14(3)12-16/h7-13H,5-6H2,1-4H3,(H,20,22). The fourth-order valence-electron chi connectivity index (χ4n) is 2.65. The van der Waals surface area contributed by atoms with Crippen LogP contribution in [-0.4, -0.2) is 38.8 Å². The molecule has 0 aliphatic rings. The highest BCUT2D eigenvalue weighted by Gasteiger charge is 2.26. The van der Waals surface area contributed by atoms with Crippen molar-refractivity contribution in [3.8, 4) is 5.75 Å². The molecule has 0 heterocycles. The van der Waals surface area contributed by atoms with Crippen LogP contribution < -0.4 is 10.1 Å². The van der Waals surface area contributed by atoms with Gasteiger partial charge in [0.15, 0.2) is 0 Å². The van der Waals surface area contributed by atoms with Gasteiger partial charge in [0, 0.05) is 24.3 Å². The van der Waals surface area contributed by atoms with E-state index in [1.807, 2.05) is 25.1 Å². The molecule has 140 valence electrons. The average Bonchev–Trinajstić information content (AvgIpc) is 2.62. The van der Waals surface area contributed by atoms with Crippen molar-refractivity contribution in [3.05, 3.63) is 53.6 Å². The van der Waals surface area contributed by atoms with Crippen molar-refractivity contribution in [3.63, 3.8) is 0 Å². The van der Waals surface area contributed by atoms with Crippen molar-refractivity contribution < 1.29 is 17.9 Å². The number of hydrogen-bond acceptors (Lipinski definition) is 4. The van der Waals surface area contributed by atoms with Crippen molar-refractivity contribution in [2.45, 2.75) is 25.7 Å². The molecule has 26 heavy (non-hydrogen) atoms. The fourth-order valence-corrected chi connectivity index (χ4v) is 4.29. The third-order valence-electron chi connectivity index (χ3n) is 4.02. The van der Waals surface area contributed by atoms with E-state index in [1.54, 1.807) is 26.0 Å². The highest BCUT2D eigenvalue weighted by molar-refractivity contribution is 7.89. The Morgan fingerprint density at radius 3 is 2.38 bits per heavy atom. The quantitative estimate of drug-likeness (QED) is 0.805. The number of ether oxygens (including phenoxy) is 1. The molecule has 0 saturated heterocycles. The molecule has 0 bridgehead atoms. The number of carbonyl (C=O) groups excluding carboxylic acids is 1. The number of nitrogens with zero attached hydrogens (tertiary/aromatic N) is 1. The molecule has 0 saturated carbocycles. The lowest BCUT2D eigenvalue weighted by Gasteiger charge is -2.20. The summed E-state index contributed by atoms with van der Waals surface area (Å²) in [6, 6.07) is 11.8. The number of aryl methyl sites for hydroxylation is 1. The monoisotopic (exact) mass is 376 g/mol. The van der Waals surface area contributed by atoms with Crippen LogP contribution in [0.5, 0.6) is 5.75 Å². The molecule has 0 radical (unpaired) electrons. The van der Waals surface area contributed by atoms with Crippen molar-refractivity contribution in [1.29, 1.82) is 0 Å². The molecule has 0 unspecified atom stereocenters. The van der Waals surface area contributed by atoms with Crippen LogP contribution in [0.15, 0.2) is 47.4 Å². The van der Waals surface area contributed by atoms with Crippen molar-refractivity contribution >= 4 is 21.6 Å². The zero-order chi connectivity index (χ0) is 19.3. The van der Waals surface area contributed by atoms with Gasteiger partial charge in [0.1, 0.15) is 10.6 Å². The number of benzene rings is 2. The number of nitrogens with one attached hydrogen (secondary N) is 1. The molecule has 0 spiro atoms. The maximum Gasteiger partial charge on any atom is 0.255 e. The zero-order valence-electron chi connectivity index (χ0n) is 15.4. The second-order valence-electron chi connectivity index (χ2n) is 5.78. The highest BCUT2D eigenvalue weighted by Crippen LogP contribution is 2.28. The summed E-state index contributed by atoms with van der Waals surface area (Å²) in [6.45, 7) is 6.13. The van der Waals surface area contributed by atoms with E-state index in [2.05, 4.69) is 5.32 Å². The molecule has 2 aromatic carbocycles. The normalized spacial score (nSPS) is 11.4. The van der Waals surface area contributed by atoms with Crippen LogP contribution in [0.2, 0.25) is 0 Å². The van der Waals surface area contributed by atoms with E-state index in [-0.39, 0.29) is 22.1 Å². The van der Waals surface area contributed by atoms with Crippen LogP contribution >= 0.6 is 0 Å². The first-order valence-electron chi connectivity index (χ1n) is 8.39. The Balaban J connectivity index is 2.41. The van der Waals surface area contributed by atoms with E-state index in [0.29, 0.717) is 18.8 Å².